The van der Waals surface area contributed by atoms with Crippen LogP contribution in [0.4, 0.5) is 0 Å². The average molecular weight is 289 g/mol. The van der Waals surface area contributed by atoms with Crippen LogP contribution in [0.1, 0.15) is 42.1 Å². The predicted molar refractivity (Wildman–Crippen MR) is 78.7 cm³/mol. The molecule has 2 N–H and O–H groups in total. The largest absolute Gasteiger partial charge is 0.489 e. The van der Waals surface area contributed by atoms with Crippen molar-refractivity contribution in [2.24, 2.45) is 0 Å². The molecule has 5 heteroatoms. The summed E-state index contributed by atoms with van der Waals surface area (Å²) in [6.07, 6.45) is 1.64. The minimum absolute atomic E-state index is 0.00241. The van der Waals surface area contributed by atoms with Crippen molar-refractivity contribution in [1.82, 2.24) is 5.32 Å². The maximum atomic E-state index is 12.3. The second-order valence-electron chi connectivity index (χ2n) is 5.22. The molecule has 1 aliphatic heterocycles. The summed E-state index contributed by atoms with van der Waals surface area (Å²) in [5.74, 6) is -0.769. The normalized spacial score (nSPS) is 21.0. The molecule has 1 amide bonds. The fraction of sp³-hybridized carbons (Fsp3) is 0.375. The van der Waals surface area contributed by atoms with Gasteiger partial charge in [0.05, 0.1) is 5.56 Å². The van der Waals surface area contributed by atoms with Gasteiger partial charge in [0.25, 0.3) is 5.91 Å². The highest BCUT2D eigenvalue weighted by Crippen LogP contribution is 2.40. The molecule has 1 heterocycles. The molecule has 1 aromatic carbocycles. The van der Waals surface area contributed by atoms with Crippen molar-refractivity contribution < 1.29 is 19.4 Å². The van der Waals surface area contributed by atoms with Crippen molar-refractivity contribution in [3.8, 4) is 5.75 Å². The van der Waals surface area contributed by atoms with Crippen molar-refractivity contribution in [2.75, 3.05) is 0 Å². The van der Waals surface area contributed by atoms with Crippen molar-refractivity contribution in [3.05, 3.63) is 42.0 Å². The standard InChI is InChI=1S/C16H19NO4/c1-4-6-13(16(19)20)17-15(18)12-8-5-7-11-9(2)10(3)21-14(11)12/h4-5,7-10,13H,1,6H2,2-3H3,(H,17,18)(H,19,20). The Morgan fingerprint density at radius 3 is 2.81 bits per heavy atom. The molecule has 0 radical (unpaired) electrons. The molecular weight excluding hydrogens is 270 g/mol. The number of aliphatic carboxylic acids is 1. The van der Waals surface area contributed by atoms with Crippen LogP contribution in [0.2, 0.25) is 0 Å². The molecule has 0 saturated heterocycles. The van der Waals surface area contributed by atoms with Crippen molar-refractivity contribution in [1.29, 1.82) is 0 Å². The number of benzene rings is 1. The average Bonchev–Trinajstić information content (AvgIpc) is 2.73. The Balaban J connectivity index is 2.25. The van der Waals surface area contributed by atoms with Crippen LogP contribution in [0, 0.1) is 0 Å². The van der Waals surface area contributed by atoms with E-state index in [0.29, 0.717) is 11.3 Å². The Morgan fingerprint density at radius 2 is 2.19 bits per heavy atom. The third-order valence-electron chi connectivity index (χ3n) is 3.79. The van der Waals surface area contributed by atoms with E-state index in [-0.39, 0.29) is 18.4 Å². The van der Waals surface area contributed by atoms with Crippen LogP contribution in [0.15, 0.2) is 30.9 Å². The lowest BCUT2D eigenvalue weighted by molar-refractivity contribution is -0.139. The van der Waals surface area contributed by atoms with Crippen molar-refractivity contribution >= 4 is 11.9 Å². The van der Waals surface area contributed by atoms with E-state index in [1.54, 1.807) is 12.1 Å². The zero-order valence-corrected chi connectivity index (χ0v) is 12.1. The fourth-order valence-electron chi connectivity index (χ4n) is 2.39. The molecule has 3 atom stereocenters. The number of amides is 1. The Labute approximate surface area is 123 Å². The lowest BCUT2D eigenvalue weighted by Crippen LogP contribution is -2.40. The number of carbonyl (C=O) groups is 2. The highest BCUT2D eigenvalue weighted by Gasteiger charge is 2.31. The Kier molecular flexibility index (Phi) is 4.31. The lowest BCUT2D eigenvalue weighted by atomic mass is 9.96. The van der Waals surface area contributed by atoms with Gasteiger partial charge in [0.2, 0.25) is 0 Å². The van der Waals surface area contributed by atoms with E-state index in [9.17, 15) is 9.59 Å². The number of rotatable bonds is 5. The van der Waals surface area contributed by atoms with Crippen LogP contribution < -0.4 is 10.1 Å². The van der Waals surface area contributed by atoms with Gasteiger partial charge >= 0.3 is 5.97 Å². The van der Waals surface area contributed by atoms with E-state index >= 15 is 0 Å². The van der Waals surface area contributed by atoms with Crippen LogP contribution in [-0.2, 0) is 4.79 Å². The molecule has 0 aliphatic carbocycles. The van der Waals surface area contributed by atoms with Gasteiger partial charge in [-0.1, -0.05) is 25.1 Å². The highest BCUT2D eigenvalue weighted by atomic mass is 16.5. The minimum atomic E-state index is -1.08. The summed E-state index contributed by atoms with van der Waals surface area (Å²) in [6, 6.07) is 4.38. The first kappa shape index (κ1) is 15.1. The summed E-state index contributed by atoms with van der Waals surface area (Å²) in [5.41, 5.74) is 1.35. The summed E-state index contributed by atoms with van der Waals surface area (Å²) >= 11 is 0. The third kappa shape index (κ3) is 2.91. The molecular formula is C16H19NO4. The van der Waals surface area contributed by atoms with E-state index in [1.807, 2.05) is 19.9 Å². The highest BCUT2D eigenvalue weighted by molar-refractivity contribution is 5.99. The quantitative estimate of drug-likeness (QED) is 0.816. The molecule has 3 unspecified atom stereocenters. The smallest absolute Gasteiger partial charge is 0.326 e. The SMILES string of the molecule is C=CCC(NC(=O)c1cccc2c1OC(C)C2C)C(=O)O. The molecule has 2 rings (SSSR count). The summed E-state index contributed by atoms with van der Waals surface area (Å²) in [4.78, 5) is 23.4. The van der Waals surface area contributed by atoms with Crippen LogP contribution in [-0.4, -0.2) is 29.1 Å². The number of ether oxygens (including phenoxy) is 1. The first-order valence-corrected chi connectivity index (χ1v) is 6.89. The number of hydrogen-bond donors (Lipinski definition) is 2. The number of carboxylic acids is 1. The predicted octanol–water partition coefficient (Wildman–Crippen LogP) is 2.33. The first-order chi connectivity index (χ1) is 9.95. The number of carbonyl (C=O) groups excluding carboxylic acids is 1. The van der Waals surface area contributed by atoms with Crippen LogP contribution in [0.5, 0.6) is 5.75 Å². The zero-order valence-electron chi connectivity index (χ0n) is 12.1. The second kappa shape index (κ2) is 5.99. The maximum Gasteiger partial charge on any atom is 0.326 e. The molecule has 1 aliphatic rings. The van der Waals surface area contributed by atoms with E-state index in [4.69, 9.17) is 9.84 Å². The fourth-order valence-corrected chi connectivity index (χ4v) is 2.39. The first-order valence-electron chi connectivity index (χ1n) is 6.89. The van der Waals surface area contributed by atoms with Gasteiger partial charge in [-0.2, -0.15) is 0 Å². The molecule has 5 nitrogen and oxygen atoms in total. The molecule has 0 aromatic heterocycles. The molecule has 21 heavy (non-hydrogen) atoms. The van der Waals surface area contributed by atoms with Gasteiger partial charge in [-0.3, -0.25) is 4.79 Å². The van der Waals surface area contributed by atoms with E-state index < -0.39 is 17.9 Å². The molecule has 0 fully saturated rings. The summed E-state index contributed by atoms with van der Waals surface area (Å²) in [6.45, 7) is 7.49. The topological polar surface area (TPSA) is 75.6 Å². The maximum absolute atomic E-state index is 12.3. The summed E-state index contributed by atoms with van der Waals surface area (Å²) in [7, 11) is 0. The van der Waals surface area contributed by atoms with E-state index in [1.165, 1.54) is 6.08 Å². The van der Waals surface area contributed by atoms with Gasteiger partial charge in [0.15, 0.2) is 0 Å². The molecule has 1 aromatic rings. The minimum Gasteiger partial charge on any atom is -0.489 e. The van der Waals surface area contributed by atoms with E-state index in [0.717, 1.165) is 5.56 Å². The number of fused-ring (bicyclic) bond motifs is 1. The molecule has 112 valence electrons. The Bertz CT molecular complexity index is 582. The van der Waals surface area contributed by atoms with Crippen molar-refractivity contribution in [2.45, 2.75) is 38.3 Å². The van der Waals surface area contributed by atoms with Gasteiger partial charge in [0.1, 0.15) is 17.9 Å². The summed E-state index contributed by atoms with van der Waals surface area (Å²) in [5, 5.41) is 11.6. The van der Waals surface area contributed by atoms with Gasteiger partial charge < -0.3 is 15.2 Å². The number of carboxylic acid groups (broad SMARTS) is 1. The van der Waals surface area contributed by atoms with Crippen LogP contribution in [0.3, 0.4) is 0 Å². The Hall–Kier alpha value is -2.30. The van der Waals surface area contributed by atoms with Crippen molar-refractivity contribution in [3.63, 3.8) is 0 Å². The van der Waals surface area contributed by atoms with Crippen LogP contribution >= 0.6 is 0 Å². The summed E-state index contributed by atoms with van der Waals surface area (Å²) < 4.78 is 5.74. The monoisotopic (exact) mass is 289 g/mol. The molecule has 0 saturated carbocycles. The van der Waals surface area contributed by atoms with Gasteiger partial charge in [-0.15, -0.1) is 6.58 Å². The number of nitrogens with one attached hydrogen (secondary N) is 1. The molecule has 0 bridgehead atoms. The molecule has 0 spiro atoms. The second-order valence-corrected chi connectivity index (χ2v) is 5.22. The van der Waals surface area contributed by atoms with Crippen LogP contribution in [0.25, 0.3) is 0 Å². The Morgan fingerprint density at radius 1 is 1.48 bits per heavy atom. The van der Waals surface area contributed by atoms with Gasteiger partial charge in [-0.25, -0.2) is 4.79 Å². The zero-order chi connectivity index (χ0) is 15.6. The van der Waals surface area contributed by atoms with Gasteiger partial charge in [0, 0.05) is 11.5 Å². The number of para-hydroxylation sites is 1. The lowest BCUT2D eigenvalue weighted by Gasteiger charge is -2.14. The number of hydrogen-bond acceptors (Lipinski definition) is 3. The van der Waals surface area contributed by atoms with Gasteiger partial charge in [-0.05, 0) is 19.4 Å². The van der Waals surface area contributed by atoms with E-state index in [2.05, 4.69) is 11.9 Å². The third-order valence-corrected chi connectivity index (χ3v) is 3.79.